The van der Waals surface area contributed by atoms with Gasteiger partial charge < -0.3 is 20.1 Å². The lowest BCUT2D eigenvalue weighted by molar-refractivity contribution is -0.161. The lowest BCUT2D eigenvalue weighted by Crippen LogP contribution is -2.53. The van der Waals surface area contributed by atoms with Crippen LogP contribution in [-0.2, 0) is 20.9 Å². The summed E-state index contributed by atoms with van der Waals surface area (Å²) >= 11 is 6.47. The highest BCUT2D eigenvalue weighted by atomic mass is 35.5. The van der Waals surface area contributed by atoms with Crippen molar-refractivity contribution in [3.63, 3.8) is 0 Å². The third-order valence-corrected chi connectivity index (χ3v) is 7.50. The fourth-order valence-corrected chi connectivity index (χ4v) is 5.46. The van der Waals surface area contributed by atoms with Gasteiger partial charge in [-0.1, -0.05) is 30.7 Å². The molecule has 0 bridgehead atoms. The minimum Gasteiger partial charge on any atom is -0.465 e. The van der Waals surface area contributed by atoms with Crippen LogP contribution >= 0.6 is 11.6 Å². The molecule has 0 spiro atoms. The minimum absolute atomic E-state index is 0.0107. The zero-order valence-electron chi connectivity index (χ0n) is 21.4. The first kappa shape index (κ1) is 27.3. The van der Waals surface area contributed by atoms with E-state index in [1.54, 1.807) is 0 Å². The molecule has 1 aromatic rings. The molecule has 1 aromatic carbocycles. The summed E-state index contributed by atoms with van der Waals surface area (Å²) in [4.78, 5) is 41.5. The lowest BCUT2D eigenvalue weighted by atomic mass is 9.75. The van der Waals surface area contributed by atoms with E-state index in [1.807, 2.05) is 52.8 Å². The number of carboxylic acid groups (broad SMARTS) is 1. The summed E-state index contributed by atoms with van der Waals surface area (Å²) in [5.74, 6) is -0.643. The highest BCUT2D eigenvalue weighted by molar-refractivity contribution is 6.31. The fourth-order valence-electron chi connectivity index (χ4n) is 5.18. The van der Waals surface area contributed by atoms with Gasteiger partial charge in [0.15, 0.2) is 0 Å². The van der Waals surface area contributed by atoms with Gasteiger partial charge in [0.2, 0.25) is 5.91 Å². The van der Waals surface area contributed by atoms with E-state index in [2.05, 4.69) is 10.2 Å². The minimum atomic E-state index is -0.943. The van der Waals surface area contributed by atoms with Crippen LogP contribution in [-0.4, -0.2) is 70.7 Å². The van der Waals surface area contributed by atoms with Crippen molar-refractivity contribution in [1.29, 1.82) is 0 Å². The third kappa shape index (κ3) is 6.67. The van der Waals surface area contributed by atoms with Gasteiger partial charge in [0.25, 0.3) is 0 Å². The van der Waals surface area contributed by atoms with E-state index >= 15 is 0 Å². The molecule has 194 valence electrons. The Morgan fingerprint density at radius 3 is 2.46 bits per heavy atom. The van der Waals surface area contributed by atoms with Crippen LogP contribution in [0.15, 0.2) is 18.2 Å². The second-order valence-corrected chi connectivity index (χ2v) is 11.4. The number of amides is 2. The Morgan fingerprint density at radius 2 is 1.89 bits per heavy atom. The molecule has 2 aliphatic heterocycles. The van der Waals surface area contributed by atoms with Crippen LogP contribution in [0.5, 0.6) is 0 Å². The largest absolute Gasteiger partial charge is 0.465 e. The number of halogens is 1. The maximum atomic E-state index is 13.8. The first-order chi connectivity index (χ1) is 16.3. The van der Waals surface area contributed by atoms with Crippen molar-refractivity contribution in [3.05, 3.63) is 34.3 Å². The zero-order chi connectivity index (χ0) is 26.0. The van der Waals surface area contributed by atoms with Crippen LogP contribution < -0.4 is 5.32 Å². The molecule has 8 nitrogen and oxygen atoms in total. The van der Waals surface area contributed by atoms with Gasteiger partial charge in [-0.05, 0) is 63.6 Å². The summed E-state index contributed by atoms with van der Waals surface area (Å²) in [6.45, 7) is 11.9. The van der Waals surface area contributed by atoms with E-state index in [0.717, 1.165) is 11.1 Å². The highest BCUT2D eigenvalue weighted by Gasteiger charge is 2.52. The van der Waals surface area contributed by atoms with Crippen molar-refractivity contribution in [1.82, 2.24) is 15.1 Å². The summed E-state index contributed by atoms with van der Waals surface area (Å²) in [7, 11) is 0. The number of nitrogens with zero attached hydrogens (tertiary/aromatic N) is 2. The molecule has 0 unspecified atom stereocenters. The summed E-state index contributed by atoms with van der Waals surface area (Å²) < 4.78 is 5.61. The van der Waals surface area contributed by atoms with E-state index in [9.17, 15) is 19.5 Å². The molecule has 2 amide bonds. The van der Waals surface area contributed by atoms with Crippen LogP contribution in [0.25, 0.3) is 0 Å². The Morgan fingerprint density at radius 1 is 1.23 bits per heavy atom. The number of nitrogens with one attached hydrogen (secondary N) is 1. The van der Waals surface area contributed by atoms with E-state index in [1.165, 1.54) is 4.90 Å². The number of aryl methyl sites for hydroxylation is 1. The molecule has 2 fully saturated rings. The van der Waals surface area contributed by atoms with Crippen LogP contribution in [0.1, 0.15) is 58.1 Å². The quantitative estimate of drug-likeness (QED) is 0.563. The molecule has 2 heterocycles. The maximum absolute atomic E-state index is 13.8. The van der Waals surface area contributed by atoms with Crippen molar-refractivity contribution in [2.75, 3.05) is 26.2 Å². The van der Waals surface area contributed by atoms with Crippen LogP contribution in [0.3, 0.4) is 0 Å². The molecule has 2 saturated heterocycles. The molecular weight excluding hydrogens is 470 g/mol. The number of rotatable bonds is 6. The van der Waals surface area contributed by atoms with Gasteiger partial charge in [0.1, 0.15) is 5.60 Å². The van der Waals surface area contributed by atoms with Gasteiger partial charge in [0, 0.05) is 43.8 Å². The molecule has 35 heavy (non-hydrogen) atoms. The normalized spacial score (nSPS) is 23.8. The van der Waals surface area contributed by atoms with Crippen molar-refractivity contribution in [2.24, 2.45) is 11.3 Å². The monoisotopic (exact) mass is 507 g/mol. The number of hydrogen-bond donors (Lipinski definition) is 2. The SMILES string of the molecule is Cc1cccc(Cl)c1CN1C[C@H](C)[C@](CC(=O)OC(C)(C)C)(C(=O)NC2CCN(C(=O)O)CC2)C1. The molecule has 2 atom stereocenters. The van der Waals surface area contributed by atoms with Gasteiger partial charge >= 0.3 is 12.1 Å². The molecule has 3 rings (SSSR count). The molecule has 0 saturated carbocycles. The summed E-state index contributed by atoms with van der Waals surface area (Å²) in [6, 6.07) is 5.68. The van der Waals surface area contributed by atoms with Crippen molar-refractivity contribution >= 4 is 29.6 Å². The summed E-state index contributed by atoms with van der Waals surface area (Å²) in [6.07, 6.45) is 0.157. The molecule has 9 heteroatoms. The van der Waals surface area contributed by atoms with Gasteiger partial charge in [-0.2, -0.15) is 0 Å². The predicted molar refractivity (Wildman–Crippen MR) is 134 cm³/mol. The average Bonchev–Trinajstić information content (AvgIpc) is 3.05. The molecular formula is C26H38ClN3O5. The third-order valence-electron chi connectivity index (χ3n) is 7.15. The van der Waals surface area contributed by atoms with Crippen molar-refractivity contribution in [3.8, 4) is 0 Å². The Labute approximate surface area is 212 Å². The van der Waals surface area contributed by atoms with E-state index < -0.39 is 23.1 Å². The number of benzene rings is 1. The Bertz CT molecular complexity index is 935. The van der Waals surface area contributed by atoms with E-state index in [0.29, 0.717) is 50.6 Å². The predicted octanol–water partition coefficient (Wildman–Crippen LogP) is 4.08. The van der Waals surface area contributed by atoms with Gasteiger partial charge in [0.05, 0.1) is 11.8 Å². The molecule has 0 aliphatic carbocycles. The topological polar surface area (TPSA) is 99.2 Å². The number of ether oxygens (including phenoxy) is 1. The Balaban J connectivity index is 1.79. The number of carbonyl (C=O) groups excluding carboxylic acids is 2. The second-order valence-electron chi connectivity index (χ2n) is 11.0. The standard InChI is InChI=1S/C26H38ClN3O5/c1-17-7-6-8-21(27)20(17)15-29-14-18(2)26(16-29,13-22(31)35-25(3,4)5)23(32)28-19-9-11-30(12-10-19)24(33)34/h6-8,18-19H,9-16H2,1-5H3,(H,28,32)(H,33,34)/t18-,26+/m0/s1. The van der Waals surface area contributed by atoms with Gasteiger partial charge in [-0.15, -0.1) is 0 Å². The Kier molecular flexibility index (Phi) is 8.37. The second kappa shape index (κ2) is 10.7. The number of piperidine rings is 1. The first-order valence-electron chi connectivity index (χ1n) is 12.3. The maximum Gasteiger partial charge on any atom is 0.407 e. The average molecular weight is 508 g/mol. The zero-order valence-corrected chi connectivity index (χ0v) is 22.2. The number of likely N-dealkylation sites (tertiary alicyclic amines) is 2. The first-order valence-corrected chi connectivity index (χ1v) is 12.7. The number of hydrogen-bond acceptors (Lipinski definition) is 5. The van der Waals surface area contributed by atoms with Crippen LogP contribution in [0.2, 0.25) is 5.02 Å². The number of carbonyl (C=O) groups is 3. The van der Waals surface area contributed by atoms with E-state index in [4.69, 9.17) is 16.3 Å². The van der Waals surface area contributed by atoms with Gasteiger partial charge in [-0.3, -0.25) is 14.5 Å². The van der Waals surface area contributed by atoms with Crippen molar-refractivity contribution < 1.29 is 24.2 Å². The fraction of sp³-hybridized carbons (Fsp3) is 0.654. The Hall–Kier alpha value is -2.32. The molecule has 2 aliphatic rings. The highest BCUT2D eigenvalue weighted by Crippen LogP contribution is 2.41. The summed E-state index contributed by atoms with van der Waals surface area (Å²) in [5.41, 5.74) is 0.524. The summed E-state index contributed by atoms with van der Waals surface area (Å²) in [5, 5.41) is 13.0. The molecule has 2 N–H and O–H groups in total. The van der Waals surface area contributed by atoms with E-state index in [-0.39, 0.29) is 24.3 Å². The van der Waals surface area contributed by atoms with Crippen molar-refractivity contribution in [2.45, 2.75) is 72.1 Å². The van der Waals surface area contributed by atoms with Crippen LogP contribution in [0, 0.1) is 18.3 Å². The number of esters is 1. The molecule has 0 aromatic heterocycles. The van der Waals surface area contributed by atoms with Crippen LogP contribution in [0.4, 0.5) is 4.79 Å². The van der Waals surface area contributed by atoms with Gasteiger partial charge in [-0.25, -0.2) is 4.79 Å². The molecule has 0 radical (unpaired) electrons. The lowest BCUT2D eigenvalue weighted by Gasteiger charge is -2.36. The smallest absolute Gasteiger partial charge is 0.407 e.